The summed E-state index contributed by atoms with van der Waals surface area (Å²) in [7, 11) is 6.57. The minimum atomic E-state index is 0.723. The molecule has 3 rings (SSSR count). The predicted octanol–water partition coefficient (Wildman–Crippen LogP) is 2.17. The van der Waals surface area contributed by atoms with Gasteiger partial charge < -0.3 is 14.7 Å². The van der Waals surface area contributed by atoms with Gasteiger partial charge in [-0.05, 0) is 65.8 Å². The van der Waals surface area contributed by atoms with Crippen molar-refractivity contribution in [2.24, 2.45) is 5.92 Å². The second-order valence-corrected chi connectivity index (χ2v) is 8.88. The zero-order valence-corrected chi connectivity index (χ0v) is 17.8. The lowest BCUT2D eigenvalue weighted by atomic mass is 10.0. The smallest absolute Gasteiger partial charge is 0.225 e. The van der Waals surface area contributed by atoms with E-state index in [4.69, 9.17) is 0 Å². The van der Waals surface area contributed by atoms with E-state index in [9.17, 15) is 0 Å². The molecular formula is C21H38N6. The zero-order chi connectivity index (χ0) is 19.2. The molecule has 0 bridgehead atoms. The van der Waals surface area contributed by atoms with E-state index in [2.05, 4.69) is 57.6 Å². The number of nitrogens with zero attached hydrogens (tertiary/aromatic N) is 6. The summed E-state index contributed by atoms with van der Waals surface area (Å²) in [6.45, 7) is 10.1. The molecule has 0 aliphatic carbocycles. The topological polar surface area (TPSA) is 38.7 Å². The number of piperidine rings is 2. The predicted molar refractivity (Wildman–Crippen MR) is 112 cm³/mol. The highest BCUT2D eigenvalue weighted by Crippen LogP contribution is 2.20. The highest BCUT2D eigenvalue weighted by molar-refractivity contribution is 5.30. The van der Waals surface area contributed by atoms with E-state index >= 15 is 0 Å². The monoisotopic (exact) mass is 374 g/mol. The summed E-state index contributed by atoms with van der Waals surface area (Å²) in [5, 5.41) is 0. The summed E-state index contributed by atoms with van der Waals surface area (Å²) in [6.07, 6.45) is 9.18. The molecule has 0 amide bonds. The highest BCUT2D eigenvalue weighted by Gasteiger charge is 2.23. The number of likely N-dealkylation sites (N-methyl/N-ethyl adjacent to an activating group) is 2. The highest BCUT2D eigenvalue weighted by atomic mass is 15.3. The van der Waals surface area contributed by atoms with Crippen LogP contribution in [0.3, 0.4) is 0 Å². The second kappa shape index (κ2) is 9.80. The third-order valence-electron chi connectivity index (χ3n) is 6.12. The van der Waals surface area contributed by atoms with Gasteiger partial charge in [0.05, 0.1) is 0 Å². The molecule has 1 atom stereocenters. The molecule has 0 N–H and O–H groups in total. The van der Waals surface area contributed by atoms with Crippen LogP contribution in [-0.2, 0) is 6.54 Å². The third kappa shape index (κ3) is 6.13. The van der Waals surface area contributed by atoms with Crippen molar-refractivity contribution in [1.29, 1.82) is 0 Å². The molecule has 6 nitrogen and oxygen atoms in total. The first kappa shape index (κ1) is 20.5. The van der Waals surface area contributed by atoms with Crippen LogP contribution in [-0.4, -0.2) is 91.1 Å². The number of likely N-dealkylation sites (tertiary alicyclic amines) is 1. The lowest BCUT2D eigenvalue weighted by Crippen LogP contribution is -2.44. The Balaban J connectivity index is 1.43. The molecule has 152 valence electrons. The number of rotatable bonds is 7. The first-order valence-electron chi connectivity index (χ1n) is 10.6. The average Bonchev–Trinajstić information content (AvgIpc) is 2.67. The lowest BCUT2D eigenvalue weighted by Gasteiger charge is -2.37. The van der Waals surface area contributed by atoms with Crippen molar-refractivity contribution in [1.82, 2.24) is 24.7 Å². The Labute approximate surface area is 165 Å². The van der Waals surface area contributed by atoms with Crippen LogP contribution in [0.2, 0.25) is 0 Å². The zero-order valence-electron chi connectivity index (χ0n) is 17.8. The number of hydrogen-bond acceptors (Lipinski definition) is 6. The molecule has 2 fully saturated rings. The third-order valence-corrected chi connectivity index (χ3v) is 6.12. The van der Waals surface area contributed by atoms with E-state index in [0.717, 1.165) is 50.6 Å². The molecule has 0 aromatic carbocycles. The normalized spacial score (nSPS) is 22.7. The molecule has 1 aromatic heterocycles. The van der Waals surface area contributed by atoms with Crippen LogP contribution in [0.5, 0.6) is 0 Å². The summed E-state index contributed by atoms with van der Waals surface area (Å²) in [5.74, 6) is 1.66. The molecule has 27 heavy (non-hydrogen) atoms. The van der Waals surface area contributed by atoms with Crippen LogP contribution in [0, 0.1) is 5.92 Å². The molecule has 0 radical (unpaired) electrons. The van der Waals surface area contributed by atoms with Gasteiger partial charge in [0.1, 0.15) is 0 Å². The Kier molecular flexibility index (Phi) is 7.44. The van der Waals surface area contributed by atoms with Crippen molar-refractivity contribution in [3.8, 4) is 0 Å². The summed E-state index contributed by atoms with van der Waals surface area (Å²) >= 11 is 0. The van der Waals surface area contributed by atoms with Crippen molar-refractivity contribution in [3.63, 3.8) is 0 Å². The molecule has 2 aliphatic rings. The van der Waals surface area contributed by atoms with E-state index < -0.39 is 0 Å². The lowest BCUT2D eigenvalue weighted by molar-refractivity contribution is 0.118. The molecule has 6 heteroatoms. The molecule has 0 unspecified atom stereocenters. The summed E-state index contributed by atoms with van der Waals surface area (Å²) in [6, 6.07) is 0.723. The Bertz CT molecular complexity index is 552. The van der Waals surface area contributed by atoms with E-state index in [-0.39, 0.29) is 0 Å². The van der Waals surface area contributed by atoms with E-state index in [0.29, 0.717) is 0 Å². The van der Waals surface area contributed by atoms with Gasteiger partial charge in [0, 0.05) is 56.7 Å². The van der Waals surface area contributed by atoms with Gasteiger partial charge in [-0.25, -0.2) is 9.97 Å². The van der Waals surface area contributed by atoms with Crippen molar-refractivity contribution in [3.05, 3.63) is 18.0 Å². The first-order chi connectivity index (χ1) is 13.0. The van der Waals surface area contributed by atoms with Crippen LogP contribution in [0.15, 0.2) is 12.4 Å². The SMILES string of the molecule is C[C@@H]1CCCN(c2ncc(CN3CCC(N(C)CCN(C)C)CC3)cn2)C1. The van der Waals surface area contributed by atoms with E-state index in [1.807, 2.05) is 12.4 Å². The Morgan fingerprint density at radius 3 is 2.33 bits per heavy atom. The van der Waals surface area contributed by atoms with Crippen LogP contribution in [0.25, 0.3) is 0 Å². The van der Waals surface area contributed by atoms with Crippen LogP contribution in [0.1, 0.15) is 38.2 Å². The Hall–Kier alpha value is -1.24. The molecule has 1 aromatic rings. The fourth-order valence-electron chi connectivity index (χ4n) is 4.28. The number of hydrogen-bond donors (Lipinski definition) is 0. The molecule has 2 aliphatic heterocycles. The van der Waals surface area contributed by atoms with Gasteiger partial charge in [0.2, 0.25) is 5.95 Å². The van der Waals surface area contributed by atoms with E-state index in [1.54, 1.807) is 0 Å². The van der Waals surface area contributed by atoms with Gasteiger partial charge in [0.25, 0.3) is 0 Å². The summed E-state index contributed by atoms with van der Waals surface area (Å²) < 4.78 is 0. The van der Waals surface area contributed by atoms with Gasteiger partial charge in [0.15, 0.2) is 0 Å². The van der Waals surface area contributed by atoms with Crippen molar-refractivity contribution in [2.75, 3.05) is 65.3 Å². The largest absolute Gasteiger partial charge is 0.341 e. The van der Waals surface area contributed by atoms with Crippen LogP contribution < -0.4 is 4.90 Å². The average molecular weight is 375 g/mol. The van der Waals surface area contributed by atoms with Gasteiger partial charge >= 0.3 is 0 Å². The van der Waals surface area contributed by atoms with Crippen molar-refractivity contribution in [2.45, 2.75) is 45.2 Å². The fourth-order valence-corrected chi connectivity index (χ4v) is 4.28. The molecule has 0 saturated carbocycles. The molecular weight excluding hydrogens is 336 g/mol. The van der Waals surface area contributed by atoms with Crippen molar-refractivity contribution < 1.29 is 0 Å². The van der Waals surface area contributed by atoms with Crippen LogP contribution in [0.4, 0.5) is 5.95 Å². The van der Waals surface area contributed by atoms with Gasteiger partial charge in [-0.2, -0.15) is 0 Å². The fraction of sp³-hybridized carbons (Fsp3) is 0.810. The Morgan fingerprint density at radius 2 is 1.70 bits per heavy atom. The van der Waals surface area contributed by atoms with Gasteiger partial charge in [-0.1, -0.05) is 6.92 Å². The maximum absolute atomic E-state index is 4.66. The molecule has 3 heterocycles. The molecule has 0 spiro atoms. The van der Waals surface area contributed by atoms with Crippen LogP contribution >= 0.6 is 0 Å². The standard InChI is InChI=1S/C21H38N6/c1-18-6-5-9-27(16-18)21-22-14-19(15-23-21)17-26-10-7-20(8-11-26)25(4)13-12-24(2)3/h14-15,18,20H,5-13,16-17H2,1-4H3/t18-/m1/s1. The maximum atomic E-state index is 4.66. The summed E-state index contributed by atoms with van der Waals surface area (Å²) in [4.78, 5) is 19.0. The van der Waals surface area contributed by atoms with E-state index in [1.165, 1.54) is 44.3 Å². The second-order valence-electron chi connectivity index (χ2n) is 8.88. The summed E-state index contributed by atoms with van der Waals surface area (Å²) in [5.41, 5.74) is 1.24. The minimum Gasteiger partial charge on any atom is -0.341 e. The Morgan fingerprint density at radius 1 is 1.00 bits per heavy atom. The van der Waals surface area contributed by atoms with Crippen molar-refractivity contribution >= 4 is 5.95 Å². The minimum absolute atomic E-state index is 0.723. The number of aromatic nitrogens is 2. The quantitative estimate of drug-likeness (QED) is 0.728. The van der Waals surface area contributed by atoms with Gasteiger partial charge in [-0.15, -0.1) is 0 Å². The maximum Gasteiger partial charge on any atom is 0.225 e. The number of anilines is 1. The van der Waals surface area contributed by atoms with Gasteiger partial charge in [-0.3, -0.25) is 4.90 Å². The molecule has 2 saturated heterocycles. The first-order valence-corrected chi connectivity index (χ1v) is 10.6.